The van der Waals surface area contributed by atoms with Crippen molar-refractivity contribution in [2.24, 2.45) is 0 Å². The predicted octanol–water partition coefficient (Wildman–Crippen LogP) is 4.88. The first-order chi connectivity index (χ1) is 18.1. The molecule has 1 atom stereocenters. The second kappa shape index (κ2) is 12.6. The Morgan fingerprint density at radius 1 is 0.974 bits per heavy atom. The number of nitrogens with zero attached hydrogens (tertiary/aromatic N) is 1. The maximum Gasteiger partial charge on any atom is 0.261 e. The van der Waals surface area contributed by atoms with Crippen molar-refractivity contribution in [1.82, 2.24) is 10.6 Å². The molecule has 0 bridgehead atoms. The van der Waals surface area contributed by atoms with Gasteiger partial charge in [-0.05, 0) is 56.3 Å². The first-order valence-electron chi connectivity index (χ1n) is 12.3. The van der Waals surface area contributed by atoms with E-state index in [0.29, 0.717) is 34.0 Å². The summed E-state index contributed by atoms with van der Waals surface area (Å²) < 4.78 is 11.2. The Balaban J connectivity index is 2.16. The number of carbonyl (C=O) groups excluding carboxylic acids is 3. The minimum atomic E-state index is -1.07. The van der Waals surface area contributed by atoms with E-state index in [2.05, 4.69) is 10.6 Å². The van der Waals surface area contributed by atoms with Crippen LogP contribution in [0.5, 0.6) is 11.5 Å². The molecule has 0 aliphatic rings. The van der Waals surface area contributed by atoms with Gasteiger partial charge in [-0.3, -0.25) is 19.3 Å². The number of hydrogen-bond acceptors (Lipinski definition) is 6. The number of amides is 3. The summed E-state index contributed by atoms with van der Waals surface area (Å²) in [6.07, 6.45) is 0.683. The molecule has 1 heterocycles. The molecule has 0 radical (unpaired) electrons. The summed E-state index contributed by atoms with van der Waals surface area (Å²) in [7, 11) is 2.97. The number of para-hydroxylation sites is 1. The SMILES string of the molecule is CCC(C)(C)NC(=O)[C@@H](c1ccc(C)cc1)N(C(=O)CNC(=O)c1cccs1)c1c(OC)cccc1OC. The minimum absolute atomic E-state index is 0.294. The van der Waals surface area contributed by atoms with Crippen LogP contribution in [0.15, 0.2) is 60.0 Å². The normalized spacial score (nSPS) is 11.8. The molecule has 202 valence electrons. The Kier molecular flexibility index (Phi) is 9.52. The van der Waals surface area contributed by atoms with Crippen LogP contribution in [0.25, 0.3) is 0 Å². The number of anilines is 1. The summed E-state index contributed by atoms with van der Waals surface area (Å²) in [5, 5.41) is 7.56. The molecule has 0 saturated carbocycles. The third kappa shape index (κ3) is 6.72. The molecule has 1 aromatic heterocycles. The number of methoxy groups -OCH3 is 2. The third-order valence-electron chi connectivity index (χ3n) is 6.30. The van der Waals surface area contributed by atoms with E-state index in [-0.39, 0.29) is 18.4 Å². The van der Waals surface area contributed by atoms with Crippen LogP contribution in [0.4, 0.5) is 5.69 Å². The predicted molar refractivity (Wildman–Crippen MR) is 150 cm³/mol. The fourth-order valence-electron chi connectivity index (χ4n) is 3.86. The summed E-state index contributed by atoms with van der Waals surface area (Å²) in [4.78, 5) is 42.5. The van der Waals surface area contributed by atoms with Crippen molar-refractivity contribution < 1.29 is 23.9 Å². The molecule has 0 saturated heterocycles. The molecule has 3 aromatic rings. The zero-order valence-corrected chi connectivity index (χ0v) is 23.5. The number of carbonyl (C=O) groups is 3. The van der Waals surface area contributed by atoms with Gasteiger partial charge in [0.05, 0.1) is 25.6 Å². The van der Waals surface area contributed by atoms with E-state index in [1.54, 1.807) is 35.7 Å². The zero-order chi connectivity index (χ0) is 27.9. The van der Waals surface area contributed by atoms with E-state index < -0.39 is 17.5 Å². The molecule has 0 unspecified atom stereocenters. The van der Waals surface area contributed by atoms with Gasteiger partial charge in [0.25, 0.3) is 5.91 Å². The van der Waals surface area contributed by atoms with Crippen molar-refractivity contribution in [2.75, 3.05) is 25.7 Å². The molecule has 9 heteroatoms. The number of ether oxygens (including phenoxy) is 2. The van der Waals surface area contributed by atoms with Crippen LogP contribution in [0, 0.1) is 6.92 Å². The van der Waals surface area contributed by atoms with Gasteiger partial charge in [0.1, 0.15) is 23.2 Å². The van der Waals surface area contributed by atoms with E-state index in [0.717, 1.165) is 5.56 Å². The fourth-order valence-corrected chi connectivity index (χ4v) is 4.50. The molecule has 0 spiro atoms. The summed E-state index contributed by atoms with van der Waals surface area (Å²) >= 11 is 1.28. The lowest BCUT2D eigenvalue weighted by Crippen LogP contribution is -2.52. The maximum absolute atomic E-state index is 14.0. The first-order valence-corrected chi connectivity index (χ1v) is 13.2. The standard InChI is InChI=1S/C29H35N3O5S/c1-7-29(3,4)31-28(35)25(20-15-13-19(2)14-16-20)32(26-21(36-5)10-8-11-22(26)37-6)24(33)18-30-27(34)23-12-9-17-38-23/h8-17,25H,7,18H2,1-6H3,(H,30,34)(H,31,35)/t25-/m1/s1. The summed E-state index contributed by atoms with van der Waals surface area (Å²) in [5.74, 6) is -0.549. The van der Waals surface area contributed by atoms with Gasteiger partial charge < -0.3 is 20.1 Å². The Labute approximate surface area is 228 Å². The van der Waals surface area contributed by atoms with Crippen molar-refractivity contribution in [2.45, 2.75) is 45.7 Å². The second-order valence-electron chi connectivity index (χ2n) is 9.47. The maximum atomic E-state index is 14.0. The van der Waals surface area contributed by atoms with Gasteiger partial charge in [-0.2, -0.15) is 0 Å². The quantitative estimate of drug-likeness (QED) is 0.363. The van der Waals surface area contributed by atoms with Gasteiger partial charge in [-0.15, -0.1) is 11.3 Å². The molecule has 0 aliphatic heterocycles. The monoisotopic (exact) mass is 537 g/mol. The molecule has 2 N–H and O–H groups in total. The molecule has 2 aromatic carbocycles. The van der Waals surface area contributed by atoms with Gasteiger partial charge in [0.2, 0.25) is 11.8 Å². The molecule has 3 rings (SSSR count). The van der Waals surface area contributed by atoms with E-state index in [9.17, 15) is 14.4 Å². The second-order valence-corrected chi connectivity index (χ2v) is 10.4. The summed E-state index contributed by atoms with van der Waals surface area (Å²) in [6.45, 7) is 7.44. The van der Waals surface area contributed by atoms with Crippen LogP contribution in [0.1, 0.15) is 54.0 Å². The van der Waals surface area contributed by atoms with Gasteiger partial charge in [-0.1, -0.05) is 48.9 Å². The highest BCUT2D eigenvalue weighted by Crippen LogP contribution is 2.42. The number of rotatable bonds is 11. The van der Waals surface area contributed by atoms with E-state index >= 15 is 0 Å². The average molecular weight is 538 g/mol. The van der Waals surface area contributed by atoms with Gasteiger partial charge in [0, 0.05) is 5.54 Å². The number of nitrogens with one attached hydrogen (secondary N) is 2. The number of aryl methyl sites for hydroxylation is 1. The molecule has 8 nitrogen and oxygen atoms in total. The smallest absolute Gasteiger partial charge is 0.261 e. The van der Waals surface area contributed by atoms with Crippen molar-refractivity contribution in [3.8, 4) is 11.5 Å². The topological polar surface area (TPSA) is 97.0 Å². The van der Waals surface area contributed by atoms with Crippen molar-refractivity contribution in [1.29, 1.82) is 0 Å². The zero-order valence-electron chi connectivity index (χ0n) is 22.7. The molecule has 0 aliphatic carbocycles. The van der Waals surface area contributed by atoms with E-state index in [1.165, 1.54) is 30.5 Å². The van der Waals surface area contributed by atoms with Crippen LogP contribution in [-0.2, 0) is 9.59 Å². The Hall–Kier alpha value is -3.85. The Morgan fingerprint density at radius 3 is 2.13 bits per heavy atom. The van der Waals surface area contributed by atoms with Crippen molar-refractivity contribution >= 4 is 34.7 Å². The lowest BCUT2D eigenvalue weighted by Gasteiger charge is -2.35. The number of benzene rings is 2. The van der Waals surface area contributed by atoms with Crippen LogP contribution in [-0.4, -0.2) is 44.0 Å². The highest BCUT2D eigenvalue weighted by Gasteiger charge is 2.38. The molecule has 3 amide bonds. The van der Waals surface area contributed by atoms with Crippen LogP contribution >= 0.6 is 11.3 Å². The van der Waals surface area contributed by atoms with Crippen LogP contribution in [0.3, 0.4) is 0 Å². The van der Waals surface area contributed by atoms with Crippen LogP contribution < -0.4 is 25.0 Å². The lowest BCUT2D eigenvalue weighted by molar-refractivity contribution is -0.127. The Morgan fingerprint density at radius 2 is 1.61 bits per heavy atom. The van der Waals surface area contributed by atoms with Gasteiger partial charge in [-0.25, -0.2) is 0 Å². The third-order valence-corrected chi connectivity index (χ3v) is 7.17. The number of hydrogen-bond donors (Lipinski definition) is 2. The molecule has 38 heavy (non-hydrogen) atoms. The lowest BCUT2D eigenvalue weighted by atomic mass is 9.97. The summed E-state index contributed by atoms with van der Waals surface area (Å²) in [5.41, 5.74) is 1.39. The van der Waals surface area contributed by atoms with E-state index in [4.69, 9.17) is 9.47 Å². The van der Waals surface area contributed by atoms with E-state index in [1.807, 2.05) is 52.0 Å². The number of thiophene rings is 1. The van der Waals surface area contributed by atoms with Gasteiger partial charge in [0.15, 0.2) is 0 Å². The summed E-state index contributed by atoms with van der Waals surface area (Å²) in [6, 6.07) is 14.9. The van der Waals surface area contributed by atoms with Crippen LogP contribution in [0.2, 0.25) is 0 Å². The molecular formula is C29H35N3O5S. The Bertz CT molecular complexity index is 1230. The van der Waals surface area contributed by atoms with Crippen molar-refractivity contribution in [3.63, 3.8) is 0 Å². The minimum Gasteiger partial charge on any atom is -0.494 e. The first kappa shape index (κ1) is 28.7. The molecular weight excluding hydrogens is 502 g/mol. The van der Waals surface area contributed by atoms with Gasteiger partial charge >= 0.3 is 0 Å². The average Bonchev–Trinajstić information content (AvgIpc) is 3.45. The molecule has 0 fully saturated rings. The largest absolute Gasteiger partial charge is 0.494 e. The fraction of sp³-hybridized carbons (Fsp3) is 0.345. The highest BCUT2D eigenvalue weighted by molar-refractivity contribution is 7.12. The van der Waals surface area contributed by atoms with Crippen molar-refractivity contribution in [3.05, 3.63) is 76.0 Å². The highest BCUT2D eigenvalue weighted by atomic mass is 32.1.